The molecule has 0 radical (unpaired) electrons. The van der Waals surface area contributed by atoms with Crippen molar-refractivity contribution in [2.45, 2.75) is 13.5 Å². The summed E-state index contributed by atoms with van der Waals surface area (Å²) < 4.78 is 28.2. The first-order valence-corrected chi connectivity index (χ1v) is 5.18. The van der Waals surface area contributed by atoms with Crippen molar-refractivity contribution < 1.29 is 13.5 Å². The summed E-state index contributed by atoms with van der Waals surface area (Å²) in [6.45, 7) is -1.15. The lowest BCUT2D eigenvalue weighted by Crippen LogP contribution is -2.08. The first-order valence-electron chi connectivity index (χ1n) is 5.18. The van der Waals surface area contributed by atoms with Crippen molar-refractivity contribution in [3.8, 4) is 17.1 Å². The Balaban J connectivity index is 2.31. The summed E-state index contributed by atoms with van der Waals surface area (Å²) in [6.07, 6.45) is 0. The van der Waals surface area contributed by atoms with E-state index < -0.39 is 6.61 Å². The van der Waals surface area contributed by atoms with Gasteiger partial charge in [-0.25, -0.2) is 4.98 Å². The molecule has 1 heterocycles. The van der Waals surface area contributed by atoms with E-state index >= 15 is 0 Å². The van der Waals surface area contributed by atoms with Gasteiger partial charge in [-0.05, 0) is 31.2 Å². The normalized spacial score (nSPS) is 10.7. The highest BCUT2D eigenvalue weighted by molar-refractivity contribution is 5.56. The molecule has 0 atom stereocenters. The Morgan fingerprint density at radius 3 is 2.50 bits per heavy atom. The van der Waals surface area contributed by atoms with Gasteiger partial charge in [0, 0.05) is 17.3 Å². The summed E-state index contributed by atoms with van der Waals surface area (Å²) in [6, 6.07) is 7.26. The number of benzene rings is 1. The Morgan fingerprint density at radius 1 is 1.28 bits per heavy atom. The minimum atomic E-state index is -2.85. The molecule has 0 spiro atoms. The van der Waals surface area contributed by atoms with Gasteiger partial charge < -0.3 is 9.72 Å². The number of aryl methyl sites for hydroxylation is 1. The predicted octanol–water partition coefficient (Wildman–Crippen LogP) is 2.35. The molecule has 0 fully saturated rings. The fraction of sp³-hybridized carbons (Fsp3) is 0.167. The Morgan fingerprint density at radius 2 is 1.94 bits per heavy atom. The molecule has 0 aliphatic rings. The molecular weight excluding hydrogens is 242 g/mol. The SMILES string of the molecule is Cc1cc(=O)[nH]c(-c2ccc(OC(F)F)cc2)n1. The number of hydrogen-bond donors (Lipinski definition) is 1. The van der Waals surface area contributed by atoms with Gasteiger partial charge >= 0.3 is 6.61 Å². The van der Waals surface area contributed by atoms with Crippen molar-refractivity contribution in [3.63, 3.8) is 0 Å². The Hall–Kier alpha value is -2.24. The molecule has 0 aliphatic carbocycles. The fourth-order valence-corrected chi connectivity index (χ4v) is 1.51. The fourth-order valence-electron chi connectivity index (χ4n) is 1.51. The predicted molar refractivity (Wildman–Crippen MR) is 61.7 cm³/mol. The highest BCUT2D eigenvalue weighted by Crippen LogP contribution is 2.20. The number of aromatic amines is 1. The van der Waals surface area contributed by atoms with Crippen LogP contribution in [0.15, 0.2) is 35.1 Å². The molecule has 18 heavy (non-hydrogen) atoms. The number of ether oxygens (including phenoxy) is 1. The largest absolute Gasteiger partial charge is 0.435 e. The maximum absolute atomic E-state index is 12.0. The van der Waals surface area contributed by atoms with Crippen LogP contribution in [-0.4, -0.2) is 16.6 Å². The summed E-state index contributed by atoms with van der Waals surface area (Å²) in [4.78, 5) is 18.0. The number of nitrogens with zero attached hydrogens (tertiary/aromatic N) is 1. The molecule has 2 aromatic rings. The molecule has 0 bridgehead atoms. The molecule has 2 rings (SSSR count). The number of alkyl halides is 2. The van der Waals surface area contributed by atoms with Crippen LogP contribution in [0.5, 0.6) is 5.75 Å². The molecule has 4 nitrogen and oxygen atoms in total. The first-order chi connectivity index (χ1) is 8.54. The number of aromatic nitrogens is 2. The number of H-pyrrole nitrogens is 1. The molecule has 0 aliphatic heterocycles. The number of halogens is 2. The van der Waals surface area contributed by atoms with Gasteiger partial charge in [-0.3, -0.25) is 4.79 Å². The Bertz CT molecular complexity index is 594. The monoisotopic (exact) mass is 252 g/mol. The third-order valence-electron chi connectivity index (χ3n) is 2.22. The molecular formula is C12H10F2N2O2. The molecule has 0 unspecified atom stereocenters. The molecule has 0 saturated heterocycles. The lowest BCUT2D eigenvalue weighted by atomic mass is 10.2. The van der Waals surface area contributed by atoms with E-state index in [0.717, 1.165) is 0 Å². The Kier molecular flexibility index (Phi) is 3.36. The van der Waals surface area contributed by atoms with E-state index in [-0.39, 0.29) is 11.3 Å². The van der Waals surface area contributed by atoms with E-state index in [2.05, 4.69) is 14.7 Å². The van der Waals surface area contributed by atoms with Gasteiger partial charge in [-0.15, -0.1) is 0 Å². The number of rotatable bonds is 3. The lowest BCUT2D eigenvalue weighted by molar-refractivity contribution is -0.0498. The van der Waals surface area contributed by atoms with Crippen molar-refractivity contribution >= 4 is 0 Å². The molecule has 1 N–H and O–H groups in total. The van der Waals surface area contributed by atoms with Gasteiger partial charge in [-0.1, -0.05) is 0 Å². The van der Waals surface area contributed by atoms with Crippen LogP contribution in [0.2, 0.25) is 0 Å². The second-order valence-corrected chi connectivity index (χ2v) is 3.64. The third kappa shape index (κ3) is 2.91. The number of hydrogen-bond acceptors (Lipinski definition) is 3. The van der Waals surface area contributed by atoms with Gasteiger partial charge in [0.1, 0.15) is 11.6 Å². The zero-order valence-electron chi connectivity index (χ0n) is 9.48. The van der Waals surface area contributed by atoms with Crippen LogP contribution >= 0.6 is 0 Å². The first kappa shape index (κ1) is 12.2. The van der Waals surface area contributed by atoms with E-state index in [1.165, 1.54) is 18.2 Å². The summed E-state index contributed by atoms with van der Waals surface area (Å²) in [5.41, 5.74) is 0.949. The van der Waals surface area contributed by atoms with E-state index in [1.54, 1.807) is 19.1 Å². The minimum absolute atomic E-state index is 0.0590. The average Bonchev–Trinajstić information content (AvgIpc) is 2.27. The summed E-state index contributed by atoms with van der Waals surface area (Å²) in [5.74, 6) is 0.451. The maximum atomic E-state index is 12.0. The average molecular weight is 252 g/mol. The zero-order chi connectivity index (χ0) is 13.1. The summed E-state index contributed by atoms with van der Waals surface area (Å²) in [7, 11) is 0. The van der Waals surface area contributed by atoms with Crippen LogP contribution in [0.1, 0.15) is 5.69 Å². The third-order valence-corrected chi connectivity index (χ3v) is 2.22. The Labute approximate surface area is 101 Å². The molecule has 0 saturated carbocycles. The van der Waals surface area contributed by atoms with E-state index in [1.807, 2.05) is 0 Å². The van der Waals surface area contributed by atoms with Crippen LogP contribution in [0.3, 0.4) is 0 Å². The second-order valence-electron chi connectivity index (χ2n) is 3.64. The highest BCUT2D eigenvalue weighted by Gasteiger charge is 2.06. The van der Waals surface area contributed by atoms with Crippen molar-refractivity contribution in [2.24, 2.45) is 0 Å². The highest BCUT2D eigenvalue weighted by atomic mass is 19.3. The van der Waals surface area contributed by atoms with Gasteiger partial charge in [0.15, 0.2) is 0 Å². The molecule has 1 aromatic heterocycles. The lowest BCUT2D eigenvalue weighted by Gasteiger charge is -2.05. The van der Waals surface area contributed by atoms with E-state index in [4.69, 9.17) is 0 Å². The summed E-state index contributed by atoms with van der Waals surface area (Å²) in [5, 5.41) is 0. The van der Waals surface area contributed by atoms with Crippen molar-refractivity contribution in [1.29, 1.82) is 0 Å². The molecule has 0 amide bonds. The van der Waals surface area contributed by atoms with Crippen LogP contribution in [0.4, 0.5) is 8.78 Å². The topological polar surface area (TPSA) is 55.0 Å². The number of nitrogens with one attached hydrogen (secondary N) is 1. The second kappa shape index (κ2) is 4.95. The van der Waals surface area contributed by atoms with Gasteiger partial charge in [0.25, 0.3) is 5.56 Å². The minimum Gasteiger partial charge on any atom is -0.435 e. The van der Waals surface area contributed by atoms with E-state index in [9.17, 15) is 13.6 Å². The standard InChI is InChI=1S/C12H10F2N2O2/c1-7-6-10(17)16-11(15-7)8-2-4-9(5-3-8)18-12(13)14/h2-6,12H,1H3,(H,15,16,17). The van der Waals surface area contributed by atoms with Gasteiger partial charge in [0.2, 0.25) is 0 Å². The van der Waals surface area contributed by atoms with Crippen LogP contribution < -0.4 is 10.3 Å². The zero-order valence-corrected chi connectivity index (χ0v) is 9.48. The molecule has 1 aromatic carbocycles. The van der Waals surface area contributed by atoms with Crippen molar-refractivity contribution in [3.05, 3.63) is 46.4 Å². The van der Waals surface area contributed by atoms with Crippen molar-refractivity contribution in [2.75, 3.05) is 0 Å². The molecule has 6 heteroatoms. The van der Waals surface area contributed by atoms with Crippen molar-refractivity contribution in [1.82, 2.24) is 9.97 Å². The van der Waals surface area contributed by atoms with Gasteiger partial charge in [0.05, 0.1) is 0 Å². The van der Waals surface area contributed by atoms with Crippen LogP contribution in [-0.2, 0) is 0 Å². The quantitative estimate of drug-likeness (QED) is 0.912. The van der Waals surface area contributed by atoms with E-state index in [0.29, 0.717) is 17.1 Å². The maximum Gasteiger partial charge on any atom is 0.387 e. The smallest absolute Gasteiger partial charge is 0.387 e. The summed E-state index contributed by atoms with van der Waals surface area (Å²) >= 11 is 0. The van der Waals surface area contributed by atoms with Crippen LogP contribution in [0, 0.1) is 6.92 Å². The van der Waals surface area contributed by atoms with Gasteiger partial charge in [-0.2, -0.15) is 8.78 Å². The molecule has 94 valence electrons. The van der Waals surface area contributed by atoms with Crippen LogP contribution in [0.25, 0.3) is 11.4 Å².